The summed E-state index contributed by atoms with van der Waals surface area (Å²) in [7, 11) is 0. The molecule has 1 aromatic rings. The summed E-state index contributed by atoms with van der Waals surface area (Å²) in [5.74, 6) is -2.59. The molecule has 1 fully saturated rings. The highest BCUT2D eigenvalue weighted by atomic mass is 19.1. The predicted molar refractivity (Wildman–Crippen MR) is 58.8 cm³/mol. The lowest BCUT2D eigenvalue weighted by Crippen LogP contribution is -2.44. The van der Waals surface area contributed by atoms with Gasteiger partial charge in [-0.15, -0.1) is 0 Å². The Morgan fingerprint density at radius 3 is 2.24 bits per heavy atom. The summed E-state index contributed by atoms with van der Waals surface area (Å²) in [6, 6.07) is 3.46. The molecule has 92 valence electrons. The van der Waals surface area contributed by atoms with Crippen LogP contribution in [0.3, 0.4) is 0 Å². The Kier molecular flexibility index (Phi) is 3.00. The summed E-state index contributed by atoms with van der Waals surface area (Å²) in [6.45, 7) is 0. The molecule has 0 radical (unpaired) electrons. The van der Waals surface area contributed by atoms with Crippen LogP contribution in [-0.4, -0.2) is 16.6 Å². The fraction of sp³-hybridized carbons (Fsp3) is 0.417. The van der Waals surface area contributed by atoms with E-state index in [4.69, 9.17) is 0 Å². The maximum atomic E-state index is 13.4. The number of benzene rings is 1. The highest BCUT2D eigenvalue weighted by Crippen LogP contribution is 2.34. The van der Waals surface area contributed by atoms with E-state index in [9.17, 15) is 18.7 Å². The van der Waals surface area contributed by atoms with Crippen LogP contribution in [-0.2, 0) is 4.79 Å². The van der Waals surface area contributed by atoms with Gasteiger partial charge >= 0.3 is 5.97 Å². The van der Waals surface area contributed by atoms with Crippen LogP contribution in [0.2, 0.25) is 0 Å². The van der Waals surface area contributed by atoms with Crippen molar-refractivity contribution in [2.24, 2.45) is 0 Å². The summed E-state index contributed by atoms with van der Waals surface area (Å²) in [4.78, 5) is 11.2. The van der Waals surface area contributed by atoms with Crippen molar-refractivity contribution in [2.75, 3.05) is 5.32 Å². The SMILES string of the molecule is O=C(O)C1(Nc2c(F)cccc2F)CCCC1. The van der Waals surface area contributed by atoms with Crippen LogP contribution in [0.25, 0.3) is 0 Å². The summed E-state index contributed by atoms with van der Waals surface area (Å²) < 4.78 is 26.9. The average molecular weight is 241 g/mol. The van der Waals surface area contributed by atoms with Crippen LogP contribution in [0.1, 0.15) is 25.7 Å². The highest BCUT2D eigenvalue weighted by Gasteiger charge is 2.42. The Morgan fingerprint density at radius 2 is 1.76 bits per heavy atom. The number of hydrogen-bond acceptors (Lipinski definition) is 2. The molecule has 0 amide bonds. The van der Waals surface area contributed by atoms with Gasteiger partial charge in [0.15, 0.2) is 0 Å². The van der Waals surface area contributed by atoms with Crippen LogP contribution in [0.5, 0.6) is 0 Å². The standard InChI is InChI=1S/C12H13F2NO2/c13-8-4-3-5-9(14)10(8)15-12(11(16)17)6-1-2-7-12/h3-5,15H,1-2,6-7H2,(H,16,17). The zero-order valence-electron chi connectivity index (χ0n) is 9.17. The molecule has 0 bridgehead atoms. The third-order valence-electron chi connectivity index (χ3n) is 3.19. The maximum absolute atomic E-state index is 13.4. The second-order valence-corrected chi connectivity index (χ2v) is 4.32. The minimum Gasteiger partial charge on any atom is -0.480 e. The van der Waals surface area contributed by atoms with E-state index in [0.29, 0.717) is 12.8 Å². The molecule has 2 rings (SSSR count). The molecule has 0 unspecified atom stereocenters. The Hall–Kier alpha value is -1.65. The van der Waals surface area contributed by atoms with Crippen LogP contribution >= 0.6 is 0 Å². The van der Waals surface area contributed by atoms with Gasteiger partial charge < -0.3 is 10.4 Å². The molecule has 0 aliphatic heterocycles. The Morgan fingerprint density at radius 1 is 1.24 bits per heavy atom. The largest absolute Gasteiger partial charge is 0.480 e. The number of aliphatic carboxylic acids is 1. The van der Waals surface area contributed by atoms with Crippen molar-refractivity contribution in [3.8, 4) is 0 Å². The number of anilines is 1. The molecule has 3 nitrogen and oxygen atoms in total. The minimum atomic E-state index is -1.23. The maximum Gasteiger partial charge on any atom is 0.329 e. The molecule has 1 aliphatic carbocycles. The monoisotopic (exact) mass is 241 g/mol. The van der Waals surface area contributed by atoms with Crippen molar-refractivity contribution in [1.29, 1.82) is 0 Å². The number of hydrogen-bond donors (Lipinski definition) is 2. The molecular formula is C12H13F2NO2. The third kappa shape index (κ3) is 2.09. The molecule has 17 heavy (non-hydrogen) atoms. The fourth-order valence-corrected chi connectivity index (χ4v) is 2.23. The minimum absolute atomic E-state index is 0.350. The first-order chi connectivity index (χ1) is 8.05. The van der Waals surface area contributed by atoms with Gasteiger partial charge in [0.1, 0.15) is 22.9 Å². The summed E-state index contributed by atoms with van der Waals surface area (Å²) >= 11 is 0. The van der Waals surface area contributed by atoms with Crippen LogP contribution in [0, 0.1) is 11.6 Å². The first kappa shape index (κ1) is 11.8. The Labute approximate surface area is 97.5 Å². The van der Waals surface area contributed by atoms with Gasteiger partial charge in [-0.05, 0) is 25.0 Å². The molecule has 1 saturated carbocycles. The predicted octanol–water partition coefficient (Wildman–Crippen LogP) is 2.77. The van der Waals surface area contributed by atoms with Crippen molar-refractivity contribution >= 4 is 11.7 Å². The van der Waals surface area contributed by atoms with Crippen molar-refractivity contribution in [2.45, 2.75) is 31.2 Å². The first-order valence-corrected chi connectivity index (χ1v) is 5.51. The number of carbonyl (C=O) groups is 1. The van der Waals surface area contributed by atoms with Crippen molar-refractivity contribution in [3.63, 3.8) is 0 Å². The van der Waals surface area contributed by atoms with Crippen molar-refractivity contribution in [1.82, 2.24) is 0 Å². The van der Waals surface area contributed by atoms with E-state index in [2.05, 4.69) is 5.32 Å². The van der Waals surface area contributed by atoms with Gasteiger partial charge in [-0.3, -0.25) is 0 Å². The number of para-hydroxylation sites is 1. The first-order valence-electron chi connectivity index (χ1n) is 5.51. The number of rotatable bonds is 3. The Bertz CT molecular complexity index is 422. The molecule has 1 aromatic carbocycles. The smallest absolute Gasteiger partial charge is 0.329 e. The van der Waals surface area contributed by atoms with Crippen molar-refractivity contribution < 1.29 is 18.7 Å². The van der Waals surface area contributed by atoms with Crippen LogP contribution in [0.15, 0.2) is 18.2 Å². The van der Waals surface area contributed by atoms with E-state index in [1.165, 1.54) is 6.07 Å². The van der Waals surface area contributed by atoms with Gasteiger partial charge in [0.2, 0.25) is 0 Å². The molecule has 2 N–H and O–H groups in total. The van der Waals surface area contributed by atoms with Gasteiger partial charge in [0.25, 0.3) is 0 Å². The molecular weight excluding hydrogens is 228 g/mol. The van der Waals surface area contributed by atoms with E-state index in [-0.39, 0.29) is 5.69 Å². The van der Waals surface area contributed by atoms with E-state index in [1.807, 2.05) is 0 Å². The topological polar surface area (TPSA) is 49.3 Å². The number of nitrogens with one attached hydrogen (secondary N) is 1. The van der Waals surface area contributed by atoms with E-state index >= 15 is 0 Å². The van der Waals surface area contributed by atoms with E-state index < -0.39 is 23.1 Å². The lowest BCUT2D eigenvalue weighted by Gasteiger charge is -2.27. The van der Waals surface area contributed by atoms with Gasteiger partial charge in [-0.1, -0.05) is 18.9 Å². The van der Waals surface area contributed by atoms with Gasteiger partial charge in [0.05, 0.1) is 0 Å². The zero-order valence-corrected chi connectivity index (χ0v) is 9.17. The van der Waals surface area contributed by atoms with Gasteiger partial charge in [-0.2, -0.15) is 0 Å². The number of halogens is 2. The number of carboxylic acid groups (broad SMARTS) is 1. The van der Waals surface area contributed by atoms with Gasteiger partial charge in [-0.25, -0.2) is 13.6 Å². The highest BCUT2D eigenvalue weighted by molar-refractivity contribution is 5.83. The zero-order chi connectivity index (χ0) is 12.5. The molecule has 0 atom stereocenters. The summed E-state index contributed by atoms with van der Waals surface area (Å²) in [6.07, 6.45) is 2.26. The van der Waals surface area contributed by atoms with E-state index in [1.54, 1.807) is 0 Å². The quantitative estimate of drug-likeness (QED) is 0.855. The fourth-order valence-electron chi connectivity index (χ4n) is 2.23. The van der Waals surface area contributed by atoms with Crippen LogP contribution < -0.4 is 5.32 Å². The van der Waals surface area contributed by atoms with Gasteiger partial charge in [0, 0.05) is 0 Å². The second-order valence-electron chi connectivity index (χ2n) is 4.32. The second kappa shape index (κ2) is 4.31. The van der Waals surface area contributed by atoms with Crippen molar-refractivity contribution in [3.05, 3.63) is 29.8 Å². The average Bonchev–Trinajstić information content (AvgIpc) is 2.73. The third-order valence-corrected chi connectivity index (χ3v) is 3.19. The van der Waals surface area contributed by atoms with Crippen LogP contribution in [0.4, 0.5) is 14.5 Å². The number of carboxylic acids is 1. The molecule has 0 aromatic heterocycles. The Balaban J connectivity index is 2.33. The molecule has 0 spiro atoms. The summed E-state index contributed by atoms with van der Waals surface area (Å²) in [5, 5.41) is 11.7. The lowest BCUT2D eigenvalue weighted by molar-refractivity contribution is -0.142. The molecule has 5 heteroatoms. The molecule has 1 aliphatic rings. The van der Waals surface area contributed by atoms with E-state index in [0.717, 1.165) is 25.0 Å². The molecule has 0 heterocycles. The lowest BCUT2D eigenvalue weighted by atomic mass is 9.97. The summed E-state index contributed by atoms with van der Waals surface area (Å²) in [5.41, 5.74) is -1.58. The molecule has 0 saturated heterocycles. The normalized spacial score (nSPS) is 18.0.